The molecule has 3 atom stereocenters. The van der Waals surface area contributed by atoms with Gasteiger partial charge in [-0.25, -0.2) is 9.18 Å². The minimum atomic E-state index is -1.00. The number of nitrogens with one attached hydrogen (secondary N) is 2. The molecule has 6 aliphatic heterocycles. The molecule has 9 rings (SSSR count). The predicted octanol–water partition coefficient (Wildman–Crippen LogP) is 1.24. The summed E-state index contributed by atoms with van der Waals surface area (Å²) in [5.41, 5.74) is 7.66. The molecular formula is C41H48FN13O6. The summed E-state index contributed by atoms with van der Waals surface area (Å²) in [7, 11) is 1.79. The highest BCUT2D eigenvalue weighted by molar-refractivity contribution is 6.23. The lowest BCUT2D eigenvalue weighted by Crippen LogP contribution is -2.54. The maximum atomic E-state index is 15.8. The van der Waals surface area contributed by atoms with Gasteiger partial charge in [-0.05, 0) is 68.0 Å². The molecule has 0 bridgehead atoms. The summed E-state index contributed by atoms with van der Waals surface area (Å²) >= 11 is 0. The third-order valence-corrected chi connectivity index (χ3v) is 12.8. The molecule has 5 fully saturated rings. The second-order valence-corrected chi connectivity index (χ2v) is 16.7. The molecule has 61 heavy (non-hydrogen) atoms. The second-order valence-electron chi connectivity index (χ2n) is 16.7. The highest BCUT2D eigenvalue weighted by Crippen LogP contribution is 2.34. The first-order valence-corrected chi connectivity index (χ1v) is 20.9. The summed E-state index contributed by atoms with van der Waals surface area (Å²) in [6, 6.07) is 9.02. The van der Waals surface area contributed by atoms with Crippen LogP contribution in [0.15, 0.2) is 36.4 Å². The van der Waals surface area contributed by atoms with Crippen LogP contribution in [0.5, 0.6) is 0 Å². The molecule has 3 aromatic rings. The molecule has 0 spiro atoms. The van der Waals surface area contributed by atoms with E-state index in [1.165, 1.54) is 6.07 Å². The van der Waals surface area contributed by atoms with Gasteiger partial charge in [0.25, 0.3) is 17.7 Å². The molecule has 0 radical (unpaired) electrons. The van der Waals surface area contributed by atoms with Crippen LogP contribution in [0.2, 0.25) is 0 Å². The van der Waals surface area contributed by atoms with Crippen LogP contribution >= 0.6 is 0 Å². The monoisotopic (exact) mass is 837 g/mol. The van der Waals surface area contributed by atoms with Crippen LogP contribution in [0.25, 0.3) is 0 Å². The quantitative estimate of drug-likeness (QED) is 0.245. The zero-order valence-electron chi connectivity index (χ0n) is 33.9. The number of piperidine rings is 2. The molecule has 320 valence electrons. The van der Waals surface area contributed by atoms with Crippen molar-refractivity contribution in [3.63, 3.8) is 0 Å². The number of benzene rings is 2. The lowest BCUT2D eigenvalue weighted by Gasteiger charge is -2.37. The number of nitrogens with two attached hydrogens (primary N) is 1. The molecule has 0 aliphatic carbocycles. The molecule has 6 aliphatic rings. The molecule has 4 N–H and O–H groups in total. The van der Waals surface area contributed by atoms with E-state index in [2.05, 4.69) is 35.6 Å². The van der Waals surface area contributed by atoms with E-state index in [1.54, 1.807) is 36.2 Å². The van der Waals surface area contributed by atoms with Gasteiger partial charge in [-0.3, -0.25) is 39.1 Å². The summed E-state index contributed by atoms with van der Waals surface area (Å²) in [5, 5.41) is 13.5. The Kier molecular flexibility index (Phi) is 10.6. The number of nitrogens with zero attached hydrogens (tertiary/aromatic N) is 10. The maximum absolute atomic E-state index is 15.8. The summed E-state index contributed by atoms with van der Waals surface area (Å²) < 4.78 is 15.8. The first kappa shape index (κ1) is 40.0. The van der Waals surface area contributed by atoms with Crippen LogP contribution in [0.1, 0.15) is 63.3 Å². The molecular weight excluding hydrogens is 790 g/mol. The average Bonchev–Trinajstić information content (AvgIpc) is 3.93. The Labute approximate surface area is 351 Å². The zero-order valence-corrected chi connectivity index (χ0v) is 33.9. The van der Waals surface area contributed by atoms with E-state index < -0.39 is 41.4 Å². The number of aromatic nitrogens is 3. The summed E-state index contributed by atoms with van der Waals surface area (Å²) in [4.78, 5) is 93.3. The number of anilines is 5. The van der Waals surface area contributed by atoms with Crippen LogP contribution in [0.4, 0.5) is 38.0 Å². The SMILES string of the molecule is CN1CCN([C@@H]2CCCN(c3nnc(C(N)=O)c(Nc4ccc(N5CCN(C[C@H]6CCN(c7ccc8c(c7)C(=O)N(C7CCC(=O)NC7=O)C8=O)C6)CC5)c(F)c4)n3)C2)C1=O. The first-order chi connectivity index (χ1) is 29.4. The van der Waals surface area contributed by atoms with Crippen molar-refractivity contribution in [3.8, 4) is 0 Å². The number of carbonyl (C=O) groups is 6. The first-order valence-electron chi connectivity index (χ1n) is 20.9. The molecule has 7 heterocycles. The average molecular weight is 838 g/mol. The number of likely N-dealkylation sites (N-methyl/N-ethyl adjacent to an activating group) is 1. The van der Waals surface area contributed by atoms with E-state index in [4.69, 9.17) is 5.73 Å². The third-order valence-electron chi connectivity index (χ3n) is 12.8. The van der Waals surface area contributed by atoms with E-state index in [1.807, 2.05) is 20.8 Å². The molecule has 19 nitrogen and oxygen atoms in total. The normalized spacial score (nSPS) is 23.6. The largest absolute Gasteiger partial charge is 0.371 e. The Hall–Kier alpha value is -6.44. The predicted molar refractivity (Wildman–Crippen MR) is 220 cm³/mol. The minimum Gasteiger partial charge on any atom is -0.371 e. The smallest absolute Gasteiger partial charge is 0.320 e. The fraction of sp³-hybridized carbons (Fsp3) is 0.488. The summed E-state index contributed by atoms with van der Waals surface area (Å²) in [6.07, 6.45) is 2.81. The van der Waals surface area contributed by atoms with Crippen molar-refractivity contribution in [3.05, 3.63) is 59.0 Å². The highest BCUT2D eigenvalue weighted by Gasteiger charge is 2.45. The van der Waals surface area contributed by atoms with Gasteiger partial charge in [0.1, 0.15) is 11.9 Å². The third kappa shape index (κ3) is 7.75. The summed E-state index contributed by atoms with van der Waals surface area (Å²) in [6.45, 7) is 7.70. The number of piperazine rings is 1. The Bertz CT molecular complexity index is 2310. The Morgan fingerprint density at radius 2 is 1.66 bits per heavy atom. The molecule has 20 heteroatoms. The van der Waals surface area contributed by atoms with Crippen LogP contribution in [0.3, 0.4) is 0 Å². The number of imide groups is 2. The maximum Gasteiger partial charge on any atom is 0.320 e. The standard InChI is InChI=1S/C41H48FN13O6/c1-49-13-18-54(41(49)61)27-3-2-11-53(23-27)40-46-36(34(35(43)57)47-48-40)44-25-4-7-31(30(42)19-25)51-16-14-50(15-17-51)21-24-10-12-52(22-24)26-5-6-28-29(20-26)39(60)55(38(28)59)32-8-9-33(56)45-37(32)58/h4-7,19-20,24,27,32H,2-3,8-18,21-23H2,1H3,(H2,43,57)(H,44,46,48)(H,45,56,58)/t24-,27-,32?/m1/s1. The van der Waals surface area contributed by atoms with Crippen LogP contribution in [0, 0.1) is 11.7 Å². The van der Waals surface area contributed by atoms with Crippen molar-refractivity contribution in [1.29, 1.82) is 0 Å². The van der Waals surface area contributed by atoms with Gasteiger partial charge in [-0.15, -0.1) is 10.2 Å². The topological polar surface area (TPSA) is 214 Å². The number of rotatable bonds is 10. The van der Waals surface area contributed by atoms with Crippen LogP contribution in [-0.4, -0.2) is 161 Å². The summed E-state index contributed by atoms with van der Waals surface area (Å²) in [5.74, 6) is -2.61. The van der Waals surface area contributed by atoms with Gasteiger partial charge in [0, 0.05) is 96.8 Å². The molecule has 7 amide bonds. The van der Waals surface area contributed by atoms with E-state index in [0.29, 0.717) is 56.6 Å². The number of urea groups is 1. The lowest BCUT2D eigenvalue weighted by atomic mass is 10.0. The molecule has 0 saturated carbocycles. The van der Waals surface area contributed by atoms with Crippen molar-refractivity contribution in [2.45, 2.75) is 44.2 Å². The van der Waals surface area contributed by atoms with Crippen molar-refractivity contribution in [2.24, 2.45) is 11.7 Å². The number of halogens is 1. The van der Waals surface area contributed by atoms with Crippen LogP contribution in [-0.2, 0) is 9.59 Å². The van der Waals surface area contributed by atoms with Gasteiger partial charge in [0.05, 0.1) is 22.9 Å². The molecule has 1 aromatic heterocycles. The number of carbonyl (C=O) groups excluding carboxylic acids is 6. The van der Waals surface area contributed by atoms with E-state index >= 15 is 4.39 Å². The second kappa shape index (κ2) is 16.2. The van der Waals surface area contributed by atoms with Gasteiger partial charge in [-0.2, -0.15) is 4.98 Å². The fourth-order valence-corrected chi connectivity index (χ4v) is 9.49. The van der Waals surface area contributed by atoms with Gasteiger partial charge in [-0.1, -0.05) is 0 Å². The van der Waals surface area contributed by atoms with Gasteiger partial charge in [0.15, 0.2) is 11.5 Å². The van der Waals surface area contributed by atoms with E-state index in [9.17, 15) is 28.8 Å². The van der Waals surface area contributed by atoms with E-state index in [0.717, 1.165) is 62.6 Å². The highest BCUT2D eigenvalue weighted by atomic mass is 19.1. The zero-order chi connectivity index (χ0) is 42.5. The van der Waals surface area contributed by atoms with Gasteiger partial charge in [0.2, 0.25) is 17.8 Å². The van der Waals surface area contributed by atoms with Crippen molar-refractivity contribution in [2.75, 3.05) is 99.1 Å². The Morgan fingerprint density at radius 1 is 0.852 bits per heavy atom. The van der Waals surface area contributed by atoms with Crippen LogP contribution < -0.4 is 31.1 Å². The van der Waals surface area contributed by atoms with Crippen molar-refractivity contribution < 1.29 is 33.2 Å². The lowest BCUT2D eigenvalue weighted by molar-refractivity contribution is -0.136. The number of fused-ring (bicyclic) bond motifs is 1. The Balaban J connectivity index is 0.786. The number of amides is 7. The van der Waals surface area contributed by atoms with Gasteiger partial charge >= 0.3 is 6.03 Å². The Morgan fingerprint density at radius 3 is 2.39 bits per heavy atom. The molecule has 2 aromatic carbocycles. The van der Waals surface area contributed by atoms with Crippen molar-refractivity contribution >= 4 is 64.4 Å². The number of hydrogen-bond acceptors (Lipinski definition) is 14. The molecule has 5 saturated heterocycles. The number of hydrogen-bond donors (Lipinski definition) is 3. The molecule has 1 unspecified atom stereocenters. The van der Waals surface area contributed by atoms with E-state index in [-0.39, 0.29) is 53.5 Å². The van der Waals surface area contributed by atoms with Gasteiger partial charge < -0.3 is 35.6 Å². The number of primary amides is 1. The minimum absolute atomic E-state index is 0.000567. The van der Waals surface area contributed by atoms with Crippen molar-refractivity contribution in [1.82, 2.24) is 40.1 Å². The fourth-order valence-electron chi connectivity index (χ4n) is 9.49.